The van der Waals surface area contributed by atoms with Gasteiger partial charge in [-0.2, -0.15) is 0 Å². The van der Waals surface area contributed by atoms with Crippen molar-refractivity contribution in [2.75, 3.05) is 4.43 Å². The number of halogens is 1. The van der Waals surface area contributed by atoms with E-state index in [9.17, 15) is 4.79 Å². The van der Waals surface area contributed by atoms with E-state index < -0.39 is 0 Å². The summed E-state index contributed by atoms with van der Waals surface area (Å²) in [4.78, 5) is 11.3. The van der Waals surface area contributed by atoms with E-state index in [1.54, 1.807) is 4.91 Å². The highest BCUT2D eigenvalue weighted by molar-refractivity contribution is 14.1. The van der Waals surface area contributed by atoms with Crippen molar-refractivity contribution in [2.24, 2.45) is 5.73 Å². The molecule has 6 heteroatoms. The second-order valence-corrected chi connectivity index (χ2v) is 1.46. The van der Waals surface area contributed by atoms with Crippen molar-refractivity contribution < 1.29 is 4.79 Å². The van der Waals surface area contributed by atoms with Crippen molar-refractivity contribution in [1.29, 1.82) is 5.53 Å². The zero-order valence-corrected chi connectivity index (χ0v) is 6.12. The first kappa shape index (κ1) is 10.5. The van der Waals surface area contributed by atoms with Crippen LogP contribution in [0.4, 0.5) is 0 Å². The van der Waals surface area contributed by atoms with Gasteiger partial charge in [-0.3, -0.25) is 4.79 Å². The summed E-state index contributed by atoms with van der Waals surface area (Å²) in [6.45, 7) is 0. The summed E-state index contributed by atoms with van der Waals surface area (Å²) in [5, 5.41) is 0. The Hall–Kier alpha value is -0.490. The van der Waals surface area contributed by atoms with Crippen molar-refractivity contribution in [3.63, 3.8) is 0 Å². The third-order valence-electron chi connectivity index (χ3n) is 0.132. The van der Waals surface area contributed by atoms with Crippen LogP contribution in [0.2, 0.25) is 0 Å². The molecule has 0 heterocycles. The Kier molecular flexibility index (Phi) is 12.7. The molecule has 0 saturated heterocycles. The molecule has 0 aromatic rings. The fraction of sp³-hybridized carbons (Fsp3) is 0.500. The van der Waals surface area contributed by atoms with Crippen LogP contribution in [0.15, 0.2) is 0 Å². The molecule has 0 atom stereocenters. The van der Waals surface area contributed by atoms with Crippen molar-refractivity contribution >= 4 is 28.5 Å². The van der Waals surface area contributed by atoms with Gasteiger partial charge in [0.1, 0.15) is 0 Å². The standard InChI is InChI=1S/C2H4INO.HN3/c3-1-2(4)5;1-3-2/h1H2,(H2,4,5);1H. The van der Waals surface area contributed by atoms with Gasteiger partial charge in [0.15, 0.2) is 0 Å². The molecule has 0 radical (unpaired) electrons. The summed E-state index contributed by atoms with van der Waals surface area (Å²) in [5.74, 6) is -0.259. The molecule has 0 aliphatic carbocycles. The molecule has 5 nitrogen and oxygen atoms in total. The second kappa shape index (κ2) is 9.72. The zero-order valence-electron chi connectivity index (χ0n) is 3.97. The van der Waals surface area contributed by atoms with E-state index in [1.165, 1.54) is 0 Å². The largest absolute Gasteiger partial charge is 0.369 e. The van der Waals surface area contributed by atoms with E-state index in [-0.39, 0.29) is 5.91 Å². The van der Waals surface area contributed by atoms with Crippen LogP contribution in [0.3, 0.4) is 0 Å². The maximum absolute atomic E-state index is 9.58. The summed E-state index contributed by atoms with van der Waals surface area (Å²) in [6.07, 6.45) is 0. The van der Waals surface area contributed by atoms with Crippen molar-refractivity contribution in [3.05, 3.63) is 10.4 Å². The minimum absolute atomic E-state index is 0.259. The molecule has 3 N–H and O–H groups in total. The number of hydrogen-bond acceptors (Lipinski definition) is 2. The number of primary amides is 1. The Labute approximate surface area is 59.8 Å². The Morgan fingerprint density at radius 3 is 2.12 bits per heavy atom. The molecule has 0 spiro atoms. The summed E-state index contributed by atoms with van der Waals surface area (Å²) < 4.78 is 0.414. The Balaban J connectivity index is 0. The van der Waals surface area contributed by atoms with Crippen LogP contribution in [0.25, 0.3) is 10.4 Å². The van der Waals surface area contributed by atoms with Crippen LogP contribution < -0.4 is 5.73 Å². The Morgan fingerprint density at radius 1 is 2.00 bits per heavy atom. The highest BCUT2D eigenvalue weighted by Gasteiger charge is 1.79. The van der Waals surface area contributed by atoms with Crippen LogP contribution in [-0.2, 0) is 4.79 Å². The van der Waals surface area contributed by atoms with E-state index in [0.717, 1.165) is 0 Å². The molecule has 0 fully saturated rings. The molecule has 0 aliphatic heterocycles. The SMILES string of the molecule is NC(=O)CI.[N-]=[N+]=N. The number of nitrogens with one attached hydrogen (secondary N) is 1. The fourth-order valence-electron chi connectivity index (χ4n) is 0. The van der Waals surface area contributed by atoms with E-state index in [2.05, 4.69) is 5.73 Å². The monoisotopic (exact) mass is 228 g/mol. The molecule has 0 bridgehead atoms. The normalized spacial score (nSPS) is 5.62. The van der Waals surface area contributed by atoms with Crippen LogP contribution in [0.5, 0.6) is 0 Å². The quantitative estimate of drug-likeness (QED) is 0.223. The highest BCUT2D eigenvalue weighted by Crippen LogP contribution is 1.72. The minimum atomic E-state index is -0.259. The summed E-state index contributed by atoms with van der Waals surface area (Å²) >= 11 is 1.90. The van der Waals surface area contributed by atoms with Crippen LogP contribution in [-0.4, -0.2) is 10.3 Å². The number of amides is 1. The molecule has 0 aromatic carbocycles. The predicted octanol–water partition coefficient (Wildman–Crippen LogP) is 0.782. The maximum Gasteiger partial charge on any atom is 0.227 e. The Morgan fingerprint density at radius 2 is 2.12 bits per heavy atom. The first-order chi connectivity index (χ1) is 3.68. The van der Waals surface area contributed by atoms with Crippen LogP contribution in [0, 0.1) is 5.53 Å². The summed E-state index contributed by atoms with van der Waals surface area (Å²) in [5.41, 5.74) is 16.9. The van der Waals surface area contributed by atoms with Gasteiger partial charge in [-0.05, 0) is 10.4 Å². The van der Waals surface area contributed by atoms with Crippen molar-refractivity contribution in [3.8, 4) is 0 Å². The first-order valence-corrected chi connectivity index (χ1v) is 3.06. The fourth-order valence-corrected chi connectivity index (χ4v) is 0. The van der Waals surface area contributed by atoms with Gasteiger partial charge in [-0.25, -0.2) is 0 Å². The molecule has 0 aliphatic rings. The van der Waals surface area contributed by atoms with Gasteiger partial charge in [-0.15, -0.1) is 5.53 Å². The van der Waals surface area contributed by atoms with E-state index >= 15 is 0 Å². The second-order valence-electron chi connectivity index (χ2n) is 0.700. The molecule has 0 aromatic heterocycles. The van der Waals surface area contributed by atoms with Gasteiger partial charge in [-0.1, -0.05) is 22.6 Å². The van der Waals surface area contributed by atoms with Gasteiger partial charge in [0.2, 0.25) is 5.91 Å². The molecule has 46 valence electrons. The molecular formula is C2H5IN4O. The maximum atomic E-state index is 9.58. The van der Waals surface area contributed by atoms with E-state index in [0.29, 0.717) is 4.43 Å². The molecule has 1 amide bonds. The lowest BCUT2D eigenvalue weighted by molar-refractivity contribution is -0.115. The van der Waals surface area contributed by atoms with Gasteiger partial charge in [0, 0.05) is 0 Å². The van der Waals surface area contributed by atoms with Gasteiger partial charge < -0.3 is 5.73 Å². The lowest BCUT2D eigenvalue weighted by atomic mass is 10.8. The van der Waals surface area contributed by atoms with Crippen molar-refractivity contribution in [1.82, 2.24) is 0 Å². The van der Waals surface area contributed by atoms with Gasteiger partial charge in [0.05, 0.1) is 4.43 Å². The number of nitrogens with zero attached hydrogens (tertiary/aromatic N) is 2. The van der Waals surface area contributed by atoms with Crippen LogP contribution in [0.1, 0.15) is 0 Å². The zero-order chi connectivity index (χ0) is 6.99. The molecular weight excluding hydrogens is 223 g/mol. The third kappa shape index (κ3) is 49.2. The van der Waals surface area contributed by atoms with Gasteiger partial charge >= 0.3 is 0 Å². The lowest BCUT2D eigenvalue weighted by Gasteiger charge is -1.71. The van der Waals surface area contributed by atoms with Crippen molar-refractivity contribution in [2.45, 2.75) is 0 Å². The molecule has 0 unspecified atom stereocenters. The number of alkyl halides is 1. The minimum Gasteiger partial charge on any atom is -0.369 e. The smallest absolute Gasteiger partial charge is 0.227 e. The van der Waals surface area contributed by atoms with Crippen LogP contribution >= 0.6 is 22.6 Å². The molecule has 0 saturated carbocycles. The topological polar surface area (TPSA) is 103 Å². The number of carbonyl (C=O) groups is 1. The number of rotatable bonds is 1. The highest BCUT2D eigenvalue weighted by atomic mass is 127. The number of hydrogen-bond donors (Lipinski definition) is 2. The predicted molar refractivity (Wildman–Crippen MR) is 37.5 cm³/mol. The molecule has 8 heavy (non-hydrogen) atoms. The first-order valence-electron chi connectivity index (χ1n) is 1.54. The Bertz CT molecular complexity index is 96.2. The van der Waals surface area contributed by atoms with E-state index in [1.807, 2.05) is 22.6 Å². The lowest BCUT2D eigenvalue weighted by Crippen LogP contribution is -2.10. The number of nitrogens with two attached hydrogens (primary N) is 1. The molecule has 0 rings (SSSR count). The summed E-state index contributed by atoms with van der Waals surface area (Å²) in [6, 6.07) is 0. The van der Waals surface area contributed by atoms with E-state index in [4.69, 9.17) is 11.1 Å². The third-order valence-corrected chi connectivity index (χ3v) is 0.884. The number of carbonyl (C=O) groups excluding carboxylic acids is 1. The summed E-state index contributed by atoms with van der Waals surface area (Å²) in [7, 11) is 0. The average molecular weight is 228 g/mol. The average Bonchev–Trinajstić information content (AvgIpc) is 1.69. The van der Waals surface area contributed by atoms with Gasteiger partial charge in [0.25, 0.3) is 0 Å².